The number of benzene rings is 2. The molecular weight excluding hydrogens is 438 g/mol. The number of carbonyl (C=O) groups excluding carboxylic acids is 2. The van der Waals surface area contributed by atoms with Gasteiger partial charge in [-0.25, -0.2) is 4.68 Å². The van der Waals surface area contributed by atoms with Crippen molar-refractivity contribution in [2.45, 2.75) is 32.9 Å². The lowest BCUT2D eigenvalue weighted by Gasteiger charge is -2.30. The minimum absolute atomic E-state index is 0.0253. The van der Waals surface area contributed by atoms with Gasteiger partial charge in [-0.15, -0.1) is 0 Å². The van der Waals surface area contributed by atoms with E-state index in [0.29, 0.717) is 28.6 Å². The van der Waals surface area contributed by atoms with Crippen molar-refractivity contribution < 1.29 is 9.59 Å². The molecule has 33 heavy (non-hydrogen) atoms. The molecule has 3 N–H and O–H groups in total. The van der Waals surface area contributed by atoms with E-state index >= 15 is 0 Å². The molecule has 0 atom stereocenters. The van der Waals surface area contributed by atoms with E-state index in [-0.39, 0.29) is 17.7 Å². The summed E-state index contributed by atoms with van der Waals surface area (Å²) in [4.78, 5) is 26.7. The molecule has 0 bridgehead atoms. The van der Waals surface area contributed by atoms with Gasteiger partial charge in [0.15, 0.2) is 0 Å². The van der Waals surface area contributed by atoms with Crippen LogP contribution in [0.2, 0.25) is 5.15 Å². The van der Waals surface area contributed by atoms with Crippen molar-refractivity contribution in [2.24, 2.45) is 11.7 Å². The maximum absolute atomic E-state index is 13.0. The number of hydrogen-bond donors (Lipinski definition) is 2. The van der Waals surface area contributed by atoms with E-state index in [4.69, 9.17) is 17.3 Å². The maximum Gasteiger partial charge on any atom is 0.260 e. The summed E-state index contributed by atoms with van der Waals surface area (Å²) in [5.41, 5.74) is 9.25. The highest BCUT2D eigenvalue weighted by atomic mass is 35.5. The van der Waals surface area contributed by atoms with Crippen LogP contribution in [0.25, 0.3) is 0 Å². The third-order valence-electron chi connectivity index (χ3n) is 6.05. The first kappa shape index (κ1) is 23.0. The van der Waals surface area contributed by atoms with Crippen molar-refractivity contribution in [3.05, 3.63) is 82.1 Å². The summed E-state index contributed by atoms with van der Waals surface area (Å²) in [7, 11) is 0. The summed E-state index contributed by atoms with van der Waals surface area (Å²) >= 11 is 6.53. The van der Waals surface area contributed by atoms with Crippen LogP contribution in [-0.2, 0) is 17.9 Å². The molecule has 7 nitrogen and oxygen atoms in total. The Morgan fingerprint density at radius 1 is 1.06 bits per heavy atom. The topological polar surface area (TPSA) is 93.2 Å². The summed E-state index contributed by atoms with van der Waals surface area (Å²) in [5, 5.41) is 7.75. The zero-order valence-electron chi connectivity index (χ0n) is 18.6. The van der Waals surface area contributed by atoms with Gasteiger partial charge in [-0.05, 0) is 56.1 Å². The largest absolute Gasteiger partial charge is 0.369 e. The second kappa shape index (κ2) is 10.2. The zero-order valence-corrected chi connectivity index (χ0v) is 19.4. The molecule has 2 aromatic carbocycles. The highest BCUT2D eigenvalue weighted by molar-refractivity contribution is 6.33. The van der Waals surface area contributed by atoms with Crippen LogP contribution in [0, 0.1) is 12.8 Å². The van der Waals surface area contributed by atoms with E-state index in [1.54, 1.807) is 11.6 Å². The number of primary amides is 1. The van der Waals surface area contributed by atoms with Crippen LogP contribution in [-0.4, -0.2) is 39.6 Å². The van der Waals surface area contributed by atoms with Gasteiger partial charge in [0, 0.05) is 18.2 Å². The highest BCUT2D eigenvalue weighted by Gasteiger charge is 2.23. The highest BCUT2D eigenvalue weighted by Crippen LogP contribution is 2.24. The normalized spacial score (nSPS) is 14.8. The number of likely N-dealkylation sites (tertiary alicyclic amines) is 1. The van der Waals surface area contributed by atoms with Crippen molar-refractivity contribution >= 4 is 29.1 Å². The molecule has 0 saturated carbocycles. The van der Waals surface area contributed by atoms with E-state index in [1.165, 1.54) is 0 Å². The summed E-state index contributed by atoms with van der Waals surface area (Å²) in [6.45, 7) is 4.70. The number of nitrogens with zero attached hydrogens (tertiary/aromatic N) is 3. The van der Waals surface area contributed by atoms with Gasteiger partial charge in [0.25, 0.3) is 5.91 Å². The SMILES string of the molecule is Cc1nn(Cc2ccccc2)c(Cl)c1C(=O)Nc1cccc(CN2CCC(C(N)=O)CC2)c1. The van der Waals surface area contributed by atoms with Crippen LogP contribution in [0.1, 0.15) is 40.0 Å². The fraction of sp³-hybridized carbons (Fsp3) is 0.320. The van der Waals surface area contributed by atoms with E-state index in [9.17, 15) is 9.59 Å². The fourth-order valence-electron chi connectivity index (χ4n) is 4.25. The predicted molar refractivity (Wildman–Crippen MR) is 129 cm³/mol. The Morgan fingerprint density at radius 2 is 1.76 bits per heavy atom. The zero-order chi connectivity index (χ0) is 23.4. The Kier molecular flexibility index (Phi) is 7.11. The van der Waals surface area contributed by atoms with Crippen molar-refractivity contribution in [1.82, 2.24) is 14.7 Å². The smallest absolute Gasteiger partial charge is 0.260 e. The molecule has 0 unspecified atom stereocenters. The van der Waals surface area contributed by atoms with Crippen LogP contribution in [0.3, 0.4) is 0 Å². The van der Waals surface area contributed by atoms with Crippen LogP contribution in [0.5, 0.6) is 0 Å². The number of nitrogens with one attached hydrogen (secondary N) is 1. The number of amides is 2. The van der Waals surface area contributed by atoms with Crippen molar-refractivity contribution in [1.29, 1.82) is 0 Å². The number of hydrogen-bond acceptors (Lipinski definition) is 4. The average molecular weight is 466 g/mol. The molecule has 1 saturated heterocycles. The molecule has 2 heterocycles. The predicted octanol–water partition coefficient (Wildman–Crippen LogP) is 3.84. The van der Waals surface area contributed by atoms with Crippen LogP contribution in [0.15, 0.2) is 54.6 Å². The minimum Gasteiger partial charge on any atom is -0.369 e. The van der Waals surface area contributed by atoms with Gasteiger partial charge < -0.3 is 11.1 Å². The van der Waals surface area contributed by atoms with Crippen molar-refractivity contribution in [2.75, 3.05) is 18.4 Å². The first-order chi connectivity index (χ1) is 15.9. The Labute approximate surface area is 198 Å². The van der Waals surface area contributed by atoms with Crippen LogP contribution >= 0.6 is 11.6 Å². The van der Waals surface area contributed by atoms with Gasteiger partial charge >= 0.3 is 0 Å². The van der Waals surface area contributed by atoms with Gasteiger partial charge in [0.05, 0.1) is 17.8 Å². The van der Waals surface area contributed by atoms with E-state index in [1.807, 2.05) is 54.6 Å². The molecule has 1 aliphatic rings. The number of aryl methyl sites for hydroxylation is 1. The molecule has 1 aromatic heterocycles. The lowest BCUT2D eigenvalue weighted by Crippen LogP contribution is -2.38. The summed E-state index contributed by atoms with van der Waals surface area (Å²) < 4.78 is 1.65. The van der Waals surface area contributed by atoms with Gasteiger partial charge in [0.1, 0.15) is 5.15 Å². The fourth-order valence-corrected chi connectivity index (χ4v) is 4.57. The number of nitrogens with two attached hydrogens (primary N) is 1. The van der Waals surface area contributed by atoms with Gasteiger partial charge in [-0.2, -0.15) is 5.10 Å². The summed E-state index contributed by atoms with van der Waals surface area (Å²) in [5.74, 6) is -0.515. The number of rotatable bonds is 7. The number of piperidine rings is 1. The lowest BCUT2D eigenvalue weighted by atomic mass is 9.96. The first-order valence-corrected chi connectivity index (χ1v) is 11.5. The number of carbonyl (C=O) groups is 2. The Balaban J connectivity index is 1.41. The molecule has 2 amide bonds. The van der Waals surface area contributed by atoms with E-state index < -0.39 is 0 Å². The second-order valence-corrected chi connectivity index (χ2v) is 8.86. The Bertz CT molecular complexity index is 1140. The second-order valence-electron chi connectivity index (χ2n) is 8.50. The van der Waals surface area contributed by atoms with Gasteiger partial charge in [-0.1, -0.05) is 54.1 Å². The van der Waals surface area contributed by atoms with Gasteiger partial charge in [0.2, 0.25) is 5.91 Å². The Morgan fingerprint density at radius 3 is 2.45 bits per heavy atom. The quantitative estimate of drug-likeness (QED) is 0.554. The van der Waals surface area contributed by atoms with Crippen molar-refractivity contribution in [3.8, 4) is 0 Å². The van der Waals surface area contributed by atoms with E-state index in [2.05, 4.69) is 15.3 Å². The molecule has 0 radical (unpaired) electrons. The molecule has 172 valence electrons. The molecule has 3 aromatic rings. The van der Waals surface area contributed by atoms with Crippen LogP contribution < -0.4 is 11.1 Å². The number of aromatic nitrogens is 2. The standard InChI is InChI=1S/C25H28ClN5O2/c1-17-22(23(26)31(29-17)16-18-6-3-2-4-7-18)25(33)28-21-9-5-8-19(14-21)15-30-12-10-20(11-13-30)24(27)32/h2-9,14,20H,10-13,15-16H2,1H3,(H2,27,32)(H,28,33). The molecule has 1 fully saturated rings. The van der Waals surface area contributed by atoms with E-state index in [0.717, 1.165) is 43.6 Å². The van der Waals surface area contributed by atoms with Crippen LogP contribution in [0.4, 0.5) is 5.69 Å². The monoisotopic (exact) mass is 465 g/mol. The maximum atomic E-state index is 13.0. The molecular formula is C25H28ClN5O2. The Hall–Kier alpha value is -3.16. The first-order valence-electron chi connectivity index (χ1n) is 11.1. The molecule has 1 aliphatic heterocycles. The molecule has 8 heteroatoms. The number of halogens is 1. The summed E-state index contributed by atoms with van der Waals surface area (Å²) in [6, 6.07) is 17.6. The number of anilines is 1. The third kappa shape index (κ3) is 5.61. The van der Waals surface area contributed by atoms with Crippen molar-refractivity contribution in [3.63, 3.8) is 0 Å². The molecule has 0 aliphatic carbocycles. The van der Waals surface area contributed by atoms with Gasteiger partial charge in [-0.3, -0.25) is 14.5 Å². The minimum atomic E-state index is -0.281. The molecule has 4 rings (SSSR count). The lowest BCUT2D eigenvalue weighted by molar-refractivity contribution is -0.123. The average Bonchev–Trinajstić information content (AvgIpc) is 3.07. The molecule has 0 spiro atoms. The summed E-state index contributed by atoms with van der Waals surface area (Å²) in [6.07, 6.45) is 1.58. The third-order valence-corrected chi connectivity index (χ3v) is 6.43.